The maximum atomic E-state index is 14.7. The van der Waals surface area contributed by atoms with Gasteiger partial charge in [0.25, 0.3) is 0 Å². The normalized spacial score (nSPS) is 10.8. The summed E-state index contributed by atoms with van der Waals surface area (Å²) in [5.74, 6) is -0.257. The predicted molar refractivity (Wildman–Crippen MR) is 169 cm³/mol. The minimum absolute atomic E-state index is 0.175. The van der Waals surface area contributed by atoms with Gasteiger partial charge in [0.05, 0.1) is 29.9 Å². The molecule has 0 aliphatic carbocycles. The number of halogens is 2. The van der Waals surface area contributed by atoms with Gasteiger partial charge in [-0.25, -0.2) is 13.8 Å². The van der Waals surface area contributed by atoms with Crippen LogP contribution in [0.2, 0.25) is 0 Å². The first-order chi connectivity index (χ1) is 20.6. The molecule has 1 aromatic heterocycles. The number of aromatic nitrogens is 2. The number of anilines is 6. The Balaban J connectivity index is 1.77. The average molecular weight is 588 g/mol. The number of benzene rings is 3. The van der Waals surface area contributed by atoms with E-state index in [2.05, 4.69) is 37.4 Å². The Morgan fingerprint density at radius 3 is 2.40 bits per heavy atom. The van der Waals surface area contributed by atoms with Crippen molar-refractivity contribution in [1.82, 2.24) is 14.9 Å². The molecule has 3 aromatic carbocycles. The van der Waals surface area contributed by atoms with E-state index in [1.807, 2.05) is 39.0 Å². The fourth-order valence-electron chi connectivity index (χ4n) is 4.27. The molecule has 0 spiro atoms. The zero-order valence-corrected chi connectivity index (χ0v) is 24.8. The number of ether oxygens (including phenoxy) is 1. The highest BCUT2D eigenvalue weighted by Crippen LogP contribution is 2.38. The highest BCUT2D eigenvalue weighted by atomic mass is 19.1. The number of likely N-dealkylation sites (N-methyl/N-ethyl adjacent to an activating group) is 2. The van der Waals surface area contributed by atoms with E-state index in [0.29, 0.717) is 40.6 Å². The molecule has 0 saturated carbocycles. The Bertz CT molecular complexity index is 1610. The summed E-state index contributed by atoms with van der Waals surface area (Å²) in [6, 6.07) is 14.1. The van der Waals surface area contributed by atoms with Crippen molar-refractivity contribution in [1.29, 1.82) is 0 Å². The second-order valence-electron chi connectivity index (χ2n) is 10.2. The molecule has 43 heavy (non-hydrogen) atoms. The Morgan fingerprint density at radius 2 is 1.72 bits per heavy atom. The van der Waals surface area contributed by atoms with Gasteiger partial charge < -0.3 is 30.5 Å². The molecule has 0 atom stereocenters. The highest BCUT2D eigenvalue weighted by molar-refractivity contribution is 6.02. The summed E-state index contributed by atoms with van der Waals surface area (Å²) in [6.07, 6.45) is 2.76. The summed E-state index contributed by atoms with van der Waals surface area (Å²) in [7, 11) is 7.44. The van der Waals surface area contributed by atoms with Crippen molar-refractivity contribution >= 4 is 40.4 Å². The van der Waals surface area contributed by atoms with Crippen LogP contribution in [0.4, 0.5) is 43.3 Å². The van der Waals surface area contributed by atoms with Crippen LogP contribution in [0.3, 0.4) is 0 Å². The summed E-state index contributed by atoms with van der Waals surface area (Å²) in [6.45, 7) is 6.90. The molecule has 1 heterocycles. The van der Waals surface area contributed by atoms with E-state index >= 15 is 0 Å². The van der Waals surface area contributed by atoms with E-state index in [1.54, 1.807) is 36.5 Å². The maximum absolute atomic E-state index is 14.7. The van der Waals surface area contributed by atoms with Crippen molar-refractivity contribution in [3.8, 4) is 16.9 Å². The van der Waals surface area contributed by atoms with Crippen molar-refractivity contribution < 1.29 is 18.3 Å². The standard InChI is InChI=1S/C32H35F2N7O2/c1-7-30(42)36-26-17-27(29(43-6)18-28(26)41(5)15-14-40(3)4)38-32-35-19-23(21-9-11-22(33)12-10-21)31(39-32)37-25-16-20(2)8-13-24(25)34/h7-13,16-19H,1,14-15H2,2-6H3,(H,36,42)(H2,35,37,38,39). The molecule has 0 bridgehead atoms. The van der Waals surface area contributed by atoms with Crippen molar-refractivity contribution in [2.45, 2.75) is 6.92 Å². The number of aryl methyl sites for hydroxylation is 1. The van der Waals surface area contributed by atoms with Gasteiger partial charge in [0.1, 0.15) is 23.2 Å². The number of nitrogens with one attached hydrogen (secondary N) is 3. The molecule has 0 aliphatic rings. The fourth-order valence-corrected chi connectivity index (χ4v) is 4.27. The van der Waals surface area contributed by atoms with Crippen LogP contribution in [0.5, 0.6) is 5.75 Å². The SMILES string of the molecule is C=CC(=O)Nc1cc(Nc2ncc(-c3ccc(F)cc3)c(Nc3cc(C)ccc3F)n2)c(OC)cc1N(C)CCN(C)C. The third kappa shape index (κ3) is 7.83. The van der Waals surface area contributed by atoms with Crippen LogP contribution in [0.15, 0.2) is 73.4 Å². The minimum atomic E-state index is -0.456. The zero-order valence-electron chi connectivity index (χ0n) is 24.8. The molecule has 11 heteroatoms. The quantitative estimate of drug-likeness (QED) is 0.165. The Kier molecular flexibility index (Phi) is 9.89. The van der Waals surface area contributed by atoms with Gasteiger partial charge in [-0.2, -0.15) is 4.98 Å². The van der Waals surface area contributed by atoms with Crippen molar-refractivity contribution in [3.63, 3.8) is 0 Å². The second-order valence-corrected chi connectivity index (χ2v) is 10.2. The van der Waals surface area contributed by atoms with Crippen molar-refractivity contribution in [2.24, 2.45) is 0 Å². The van der Waals surface area contributed by atoms with E-state index in [4.69, 9.17) is 4.74 Å². The Labute approximate surface area is 250 Å². The monoisotopic (exact) mass is 587 g/mol. The van der Waals surface area contributed by atoms with Gasteiger partial charge in [-0.05, 0) is 68.6 Å². The average Bonchev–Trinajstić information content (AvgIpc) is 2.98. The highest BCUT2D eigenvalue weighted by Gasteiger charge is 2.18. The first-order valence-electron chi connectivity index (χ1n) is 13.5. The van der Waals surface area contributed by atoms with Crippen LogP contribution >= 0.6 is 0 Å². The molecule has 224 valence electrons. The number of carbonyl (C=O) groups excluding carboxylic acids is 1. The van der Waals surface area contributed by atoms with Crippen LogP contribution in [0.25, 0.3) is 11.1 Å². The van der Waals surface area contributed by atoms with Gasteiger partial charge >= 0.3 is 0 Å². The topological polar surface area (TPSA) is 94.6 Å². The lowest BCUT2D eigenvalue weighted by atomic mass is 10.1. The van der Waals surface area contributed by atoms with E-state index in [-0.39, 0.29) is 23.4 Å². The smallest absolute Gasteiger partial charge is 0.247 e. The van der Waals surface area contributed by atoms with Crippen LogP contribution in [0.1, 0.15) is 5.56 Å². The molecular formula is C32H35F2N7O2. The number of hydrogen-bond donors (Lipinski definition) is 3. The maximum Gasteiger partial charge on any atom is 0.247 e. The number of carbonyl (C=O) groups is 1. The van der Waals surface area contributed by atoms with Crippen LogP contribution in [-0.2, 0) is 4.79 Å². The number of hydrogen-bond acceptors (Lipinski definition) is 8. The summed E-state index contributed by atoms with van der Waals surface area (Å²) >= 11 is 0. The fraction of sp³-hybridized carbons (Fsp3) is 0.219. The van der Waals surface area contributed by atoms with Crippen LogP contribution in [0, 0.1) is 18.6 Å². The van der Waals surface area contributed by atoms with Gasteiger partial charge in [-0.1, -0.05) is 24.8 Å². The first-order valence-corrected chi connectivity index (χ1v) is 13.5. The van der Waals surface area contributed by atoms with E-state index in [1.165, 1.54) is 31.4 Å². The predicted octanol–water partition coefficient (Wildman–Crippen LogP) is 6.35. The summed E-state index contributed by atoms with van der Waals surface area (Å²) in [5, 5.41) is 9.10. The summed E-state index contributed by atoms with van der Waals surface area (Å²) < 4.78 is 34.1. The molecule has 0 unspecified atom stereocenters. The molecule has 4 aromatic rings. The Morgan fingerprint density at radius 1 is 0.977 bits per heavy atom. The van der Waals surface area contributed by atoms with E-state index in [9.17, 15) is 13.6 Å². The molecular weight excluding hydrogens is 552 g/mol. The van der Waals surface area contributed by atoms with Crippen molar-refractivity contribution in [2.75, 3.05) is 62.2 Å². The first kappa shape index (κ1) is 30.9. The summed E-state index contributed by atoms with van der Waals surface area (Å²) in [5.41, 5.74) is 4.01. The van der Waals surface area contributed by atoms with Gasteiger partial charge in [-0.15, -0.1) is 0 Å². The molecule has 4 rings (SSSR count). The van der Waals surface area contributed by atoms with E-state index in [0.717, 1.165) is 17.8 Å². The lowest BCUT2D eigenvalue weighted by Gasteiger charge is -2.26. The van der Waals surface area contributed by atoms with Gasteiger partial charge in [0, 0.05) is 38.0 Å². The van der Waals surface area contributed by atoms with Gasteiger partial charge in [0.2, 0.25) is 11.9 Å². The zero-order chi connectivity index (χ0) is 31.1. The van der Waals surface area contributed by atoms with Crippen LogP contribution < -0.4 is 25.6 Å². The lowest BCUT2D eigenvalue weighted by molar-refractivity contribution is -0.111. The van der Waals surface area contributed by atoms with Crippen LogP contribution in [-0.4, -0.2) is 62.1 Å². The molecule has 0 radical (unpaired) electrons. The van der Waals surface area contributed by atoms with E-state index < -0.39 is 5.82 Å². The minimum Gasteiger partial charge on any atom is -0.494 e. The Hall–Kier alpha value is -5.03. The third-order valence-electron chi connectivity index (χ3n) is 6.62. The molecule has 9 nitrogen and oxygen atoms in total. The van der Waals surface area contributed by atoms with Gasteiger partial charge in [-0.3, -0.25) is 4.79 Å². The largest absolute Gasteiger partial charge is 0.494 e. The molecule has 1 amide bonds. The number of methoxy groups -OCH3 is 1. The number of nitrogens with zero attached hydrogens (tertiary/aromatic N) is 4. The molecule has 3 N–H and O–H groups in total. The molecule has 0 saturated heterocycles. The molecule has 0 aliphatic heterocycles. The third-order valence-corrected chi connectivity index (χ3v) is 6.62. The number of amides is 1. The summed E-state index contributed by atoms with van der Waals surface area (Å²) in [4.78, 5) is 25.5. The van der Waals surface area contributed by atoms with Gasteiger partial charge in [0.15, 0.2) is 0 Å². The lowest BCUT2D eigenvalue weighted by Crippen LogP contribution is -2.29. The van der Waals surface area contributed by atoms with Crippen molar-refractivity contribution in [3.05, 3.63) is 90.6 Å². The number of rotatable bonds is 12. The molecule has 0 fully saturated rings. The second kappa shape index (κ2) is 13.8.